The Bertz CT molecular complexity index is 207. The fourth-order valence-corrected chi connectivity index (χ4v) is 0.896. The third-order valence-corrected chi connectivity index (χ3v) is 1.71. The molecule has 0 amide bonds. The molecule has 0 radical (unpaired) electrons. The zero-order chi connectivity index (χ0) is 7.56. The Balaban J connectivity index is 2.89. The van der Waals surface area contributed by atoms with Gasteiger partial charge in [0.05, 0.1) is 0 Å². The van der Waals surface area contributed by atoms with E-state index in [0.717, 1.165) is 9.39 Å². The van der Waals surface area contributed by atoms with Crippen molar-refractivity contribution in [1.82, 2.24) is 4.98 Å². The summed E-state index contributed by atoms with van der Waals surface area (Å²) in [6, 6.07) is 3.84. The molecule has 0 aliphatic heterocycles. The lowest BCUT2D eigenvalue weighted by atomic mass is 10.5. The molecule has 0 unspecified atom stereocenters. The van der Waals surface area contributed by atoms with Gasteiger partial charge in [0.25, 0.3) is 0 Å². The summed E-state index contributed by atoms with van der Waals surface area (Å²) in [5, 5.41) is 1.48. The number of anilines is 1. The van der Waals surface area contributed by atoms with Crippen LogP contribution in [0.3, 0.4) is 0 Å². The third-order valence-electron chi connectivity index (χ3n) is 1.07. The van der Waals surface area contributed by atoms with Crippen LogP contribution in [-0.4, -0.2) is 12.0 Å². The second-order valence-corrected chi connectivity index (χ2v) is 3.19. The molecule has 2 N–H and O–H groups in total. The van der Waals surface area contributed by atoms with Crippen molar-refractivity contribution in [1.29, 1.82) is 0 Å². The maximum Gasteiger partial charge on any atom is 0.142 e. The number of hydrazine groups is 1. The smallest absolute Gasteiger partial charge is 0.142 e. The average Bonchev–Trinajstić information content (AvgIpc) is 1.88. The molecule has 1 aromatic heterocycles. The zero-order valence-corrected chi connectivity index (χ0v) is 7.74. The fourth-order valence-electron chi connectivity index (χ4n) is 0.577. The first-order valence-electron chi connectivity index (χ1n) is 2.80. The van der Waals surface area contributed by atoms with Crippen molar-refractivity contribution in [2.75, 3.05) is 12.1 Å². The topological polar surface area (TPSA) is 42.1 Å². The van der Waals surface area contributed by atoms with Crippen molar-refractivity contribution in [3.8, 4) is 0 Å². The van der Waals surface area contributed by atoms with Crippen molar-refractivity contribution in [3.05, 3.63) is 21.9 Å². The average molecular weight is 249 g/mol. The highest BCUT2D eigenvalue weighted by molar-refractivity contribution is 14.1. The van der Waals surface area contributed by atoms with Gasteiger partial charge in [0, 0.05) is 16.8 Å². The van der Waals surface area contributed by atoms with E-state index >= 15 is 0 Å². The monoisotopic (exact) mass is 249 g/mol. The Morgan fingerprint density at radius 1 is 1.60 bits per heavy atom. The molecule has 0 saturated heterocycles. The normalized spacial score (nSPS) is 9.50. The van der Waals surface area contributed by atoms with Crippen LogP contribution >= 0.6 is 22.6 Å². The first-order valence-corrected chi connectivity index (χ1v) is 3.88. The maximum absolute atomic E-state index is 5.43. The van der Waals surface area contributed by atoms with E-state index in [1.54, 1.807) is 13.2 Å². The Hall–Kier alpha value is -0.360. The molecule has 0 fully saturated rings. The largest absolute Gasteiger partial charge is 0.298 e. The molecule has 0 bridgehead atoms. The molecule has 0 aromatic carbocycles. The summed E-state index contributed by atoms with van der Waals surface area (Å²) in [6.45, 7) is 0. The minimum absolute atomic E-state index is 0.778. The van der Waals surface area contributed by atoms with Gasteiger partial charge in [-0.25, -0.2) is 10.8 Å². The van der Waals surface area contributed by atoms with E-state index in [0.29, 0.717) is 0 Å². The van der Waals surface area contributed by atoms with Crippen LogP contribution in [0, 0.1) is 3.57 Å². The molecule has 1 rings (SSSR count). The van der Waals surface area contributed by atoms with Gasteiger partial charge < -0.3 is 0 Å². The first-order chi connectivity index (χ1) is 4.70. The summed E-state index contributed by atoms with van der Waals surface area (Å²) in [7, 11) is 1.76. The molecule has 10 heavy (non-hydrogen) atoms. The second-order valence-electron chi connectivity index (χ2n) is 1.95. The Morgan fingerprint density at radius 2 is 2.30 bits per heavy atom. The summed E-state index contributed by atoms with van der Waals surface area (Å²) in [5.74, 6) is 6.21. The quantitative estimate of drug-likeness (QED) is 0.458. The van der Waals surface area contributed by atoms with E-state index < -0.39 is 0 Å². The number of hydrogen-bond acceptors (Lipinski definition) is 3. The lowest BCUT2D eigenvalue weighted by Gasteiger charge is -2.09. The van der Waals surface area contributed by atoms with Gasteiger partial charge >= 0.3 is 0 Å². The third kappa shape index (κ3) is 1.81. The van der Waals surface area contributed by atoms with Crippen LogP contribution in [0.4, 0.5) is 5.82 Å². The van der Waals surface area contributed by atoms with Crippen molar-refractivity contribution >= 4 is 28.4 Å². The van der Waals surface area contributed by atoms with E-state index in [1.165, 1.54) is 5.01 Å². The molecule has 1 heterocycles. The lowest BCUT2D eigenvalue weighted by Crippen LogP contribution is -2.25. The molecule has 0 spiro atoms. The van der Waals surface area contributed by atoms with Gasteiger partial charge in [0.2, 0.25) is 0 Å². The second kappa shape index (κ2) is 3.16. The highest BCUT2D eigenvalue weighted by atomic mass is 127. The van der Waals surface area contributed by atoms with Crippen molar-refractivity contribution in [2.24, 2.45) is 5.84 Å². The number of aromatic nitrogens is 1. The predicted octanol–water partition coefficient (Wildman–Crippen LogP) is 0.996. The number of rotatable bonds is 1. The van der Waals surface area contributed by atoms with Gasteiger partial charge in [-0.3, -0.25) is 5.01 Å². The number of pyridine rings is 1. The number of nitrogens with zero attached hydrogens (tertiary/aromatic N) is 2. The maximum atomic E-state index is 5.43. The van der Waals surface area contributed by atoms with Crippen LogP contribution in [0.1, 0.15) is 0 Å². The summed E-state index contributed by atoms with van der Waals surface area (Å²) in [6.07, 6.45) is 1.78. The van der Waals surface area contributed by atoms with Crippen molar-refractivity contribution < 1.29 is 0 Å². The Kier molecular flexibility index (Phi) is 2.44. The molecule has 4 heteroatoms. The summed E-state index contributed by atoms with van der Waals surface area (Å²) in [5.41, 5.74) is 0. The molecule has 3 nitrogen and oxygen atoms in total. The van der Waals surface area contributed by atoms with Gasteiger partial charge in [-0.15, -0.1) is 0 Å². The van der Waals surface area contributed by atoms with E-state index in [1.807, 2.05) is 12.1 Å². The SMILES string of the molecule is CN(N)c1ccc(I)cn1. The number of nitrogens with two attached hydrogens (primary N) is 1. The van der Waals surface area contributed by atoms with Gasteiger partial charge in [0.1, 0.15) is 5.82 Å². The predicted molar refractivity (Wildman–Crippen MR) is 49.5 cm³/mol. The minimum atomic E-state index is 0.778. The van der Waals surface area contributed by atoms with Crippen LogP contribution < -0.4 is 10.9 Å². The molecule has 0 aliphatic rings. The van der Waals surface area contributed by atoms with Gasteiger partial charge in [-0.2, -0.15) is 0 Å². The van der Waals surface area contributed by atoms with E-state index in [2.05, 4.69) is 27.6 Å². The molecule has 0 aliphatic carbocycles. The van der Waals surface area contributed by atoms with Crippen LogP contribution in [-0.2, 0) is 0 Å². The number of halogens is 1. The van der Waals surface area contributed by atoms with Crippen LogP contribution in [0.2, 0.25) is 0 Å². The zero-order valence-electron chi connectivity index (χ0n) is 5.58. The van der Waals surface area contributed by atoms with E-state index in [4.69, 9.17) is 5.84 Å². The van der Waals surface area contributed by atoms with Gasteiger partial charge in [-0.1, -0.05) is 0 Å². The summed E-state index contributed by atoms with van der Waals surface area (Å²) >= 11 is 2.20. The lowest BCUT2D eigenvalue weighted by molar-refractivity contribution is 0.976. The Morgan fingerprint density at radius 3 is 2.70 bits per heavy atom. The van der Waals surface area contributed by atoms with Gasteiger partial charge in [-0.05, 0) is 34.7 Å². The van der Waals surface area contributed by atoms with Gasteiger partial charge in [0.15, 0.2) is 0 Å². The standard InChI is InChI=1S/C6H8IN3/c1-10(8)6-3-2-5(7)4-9-6/h2-4H,8H2,1H3. The van der Waals surface area contributed by atoms with Crippen LogP contribution in [0.15, 0.2) is 18.3 Å². The fraction of sp³-hybridized carbons (Fsp3) is 0.167. The minimum Gasteiger partial charge on any atom is -0.298 e. The molecule has 54 valence electrons. The van der Waals surface area contributed by atoms with E-state index in [9.17, 15) is 0 Å². The Labute approximate surface area is 73.3 Å². The molecular formula is C6H8IN3. The molecule has 0 saturated carbocycles. The summed E-state index contributed by atoms with van der Waals surface area (Å²) < 4.78 is 1.11. The highest BCUT2D eigenvalue weighted by Crippen LogP contribution is 2.07. The van der Waals surface area contributed by atoms with Crippen molar-refractivity contribution in [2.45, 2.75) is 0 Å². The van der Waals surface area contributed by atoms with Crippen LogP contribution in [0.5, 0.6) is 0 Å². The number of hydrogen-bond donors (Lipinski definition) is 1. The molecule has 1 aromatic rings. The molecular weight excluding hydrogens is 241 g/mol. The summed E-state index contributed by atoms with van der Waals surface area (Å²) in [4.78, 5) is 4.07. The highest BCUT2D eigenvalue weighted by Gasteiger charge is 1.93. The van der Waals surface area contributed by atoms with Crippen LogP contribution in [0.25, 0.3) is 0 Å². The van der Waals surface area contributed by atoms with Crippen molar-refractivity contribution in [3.63, 3.8) is 0 Å². The van der Waals surface area contributed by atoms with E-state index in [-0.39, 0.29) is 0 Å². The molecule has 0 atom stereocenters. The first kappa shape index (κ1) is 7.74.